The topological polar surface area (TPSA) is 48.9 Å². The van der Waals surface area contributed by atoms with Gasteiger partial charge < -0.3 is 20.3 Å². The fourth-order valence-electron chi connectivity index (χ4n) is 3.53. The second-order valence-corrected chi connectivity index (χ2v) is 7.18. The van der Waals surface area contributed by atoms with E-state index < -0.39 is 0 Å². The van der Waals surface area contributed by atoms with Crippen LogP contribution in [0, 0.1) is 5.92 Å². The lowest BCUT2D eigenvalue weighted by atomic mass is 9.97. The number of fused-ring (bicyclic) bond motifs is 1. The molecule has 3 rings (SSSR count). The van der Waals surface area contributed by atoms with Gasteiger partial charge in [0.1, 0.15) is 5.75 Å². The second-order valence-electron chi connectivity index (χ2n) is 7.18. The molecule has 5 nitrogen and oxygen atoms in total. The first kappa shape index (κ1) is 21.3. The molecule has 6 heteroatoms. The van der Waals surface area contributed by atoms with E-state index in [-0.39, 0.29) is 24.0 Å². The Hall–Kier alpha value is -1.02. The molecule has 1 aromatic carbocycles. The van der Waals surface area contributed by atoms with E-state index in [2.05, 4.69) is 47.7 Å². The maximum absolute atomic E-state index is 5.58. The summed E-state index contributed by atoms with van der Waals surface area (Å²) < 4.78 is 5.58. The SMILES string of the molecule is CCNC(=NCC1CCN(C)CC1)NCCc1ccc2c(c1)CCO2.I. The zero-order valence-corrected chi connectivity index (χ0v) is 18.4. The van der Waals surface area contributed by atoms with Gasteiger partial charge in [-0.1, -0.05) is 12.1 Å². The molecule has 0 aromatic heterocycles. The molecule has 26 heavy (non-hydrogen) atoms. The second kappa shape index (κ2) is 11.0. The molecule has 2 N–H and O–H groups in total. The lowest BCUT2D eigenvalue weighted by molar-refractivity contribution is 0.223. The number of rotatable bonds is 6. The molecular weight excluding hydrogens is 439 g/mol. The van der Waals surface area contributed by atoms with Crippen LogP contribution in [0.2, 0.25) is 0 Å². The molecule has 0 atom stereocenters. The molecule has 2 aliphatic heterocycles. The molecule has 0 radical (unpaired) electrons. The Balaban J connectivity index is 0.00000243. The quantitative estimate of drug-likeness (QED) is 0.380. The number of piperidine rings is 1. The minimum absolute atomic E-state index is 0. The molecule has 0 aliphatic carbocycles. The van der Waals surface area contributed by atoms with Gasteiger partial charge in [0.25, 0.3) is 0 Å². The largest absolute Gasteiger partial charge is 0.493 e. The van der Waals surface area contributed by atoms with Crippen LogP contribution in [0.15, 0.2) is 23.2 Å². The molecule has 2 aliphatic rings. The highest BCUT2D eigenvalue weighted by Gasteiger charge is 2.16. The van der Waals surface area contributed by atoms with Crippen LogP contribution in [0.25, 0.3) is 0 Å². The van der Waals surface area contributed by atoms with Crippen LogP contribution >= 0.6 is 24.0 Å². The van der Waals surface area contributed by atoms with Gasteiger partial charge in [-0.05, 0) is 69.4 Å². The summed E-state index contributed by atoms with van der Waals surface area (Å²) in [5, 5.41) is 6.85. The van der Waals surface area contributed by atoms with E-state index in [9.17, 15) is 0 Å². The van der Waals surface area contributed by atoms with E-state index in [0.29, 0.717) is 0 Å². The van der Waals surface area contributed by atoms with Crippen LogP contribution in [-0.4, -0.2) is 57.2 Å². The van der Waals surface area contributed by atoms with Crippen molar-refractivity contribution in [3.63, 3.8) is 0 Å². The van der Waals surface area contributed by atoms with Gasteiger partial charge in [0.2, 0.25) is 0 Å². The number of hydrogen-bond donors (Lipinski definition) is 2. The highest BCUT2D eigenvalue weighted by Crippen LogP contribution is 2.25. The van der Waals surface area contributed by atoms with Crippen molar-refractivity contribution in [2.45, 2.75) is 32.6 Å². The third-order valence-electron chi connectivity index (χ3n) is 5.15. The van der Waals surface area contributed by atoms with Crippen molar-refractivity contribution in [3.8, 4) is 5.75 Å². The summed E-state index contributed by atoms with van der Waals surface area (Å²) in [7, 11) is 2.20. The molecule has 0 unspecified atom stereocenters. The van der Waals surface area contributed by atoms with Crippen LogP contribution in [0.1, 0.15) is 30.9 Å². The zero-order valence-electron chi connectivity index (χ0n) is 16.1. The van der Waals surface area contributed by atoms with Crippen LogP contribution < -0.4 is 15.4 Å². The molecule has 1 aromatic rings. The van der Waals surface area contributed by atoms with Gasteiger partial charge in [-0.3, -0.25) is 4.99 Å². The van der Waals surface area contributed by atoms with Gasteiger partial charge in [0.15, 0.2) is 5.96 Å². The summed E-state index contributed by atoms with van der Waals surface area (Å²) in [4.78, 5) is 7.22. The van der Waals surface area contributed by atoms with Crippen LogP contribution in [0.5, 0.6) is 5.75 Å². The summed E-state index contributed by atoms with van der Waals surface area (Å²) in [6, 6.07) is 6.57. The standard InChI is InChI=1S/C20H32N4O.HI/c1-3-21-20(23-15-17-7-11-24(2)12-8-17)22-10-6-16-4-5-19-18(14-16)9-13-25-19;/h4-5,14,17H,3,6-13,15H2,1-2H3,(H2,21,22,23);1H. The molecule has 2 heterocycles. The van der Waals surface area contributed by atoms with Gasteiger partial charge in [0, 0.05) is 26.1 Å². The first-order chi connectivity index (χ1) is 12.2. The molecule has 0 spiro atoms. The van der Waals surface area contributed by atoms with Crippen molar-refractivity contribution < 1.29 is 4.74 Å². The van der Waals surface area contributed by atoms with E-state index in [4.69, 9.17) is 9.73 Å². The third kappa shape index (κ3) is 6.30. The maximum atomic E-state index is 5.58. The Morgan fingerprint density at radius 2 is 2.08 bits per heavy atom. The van der Waals surface area contributed by atoms with Crippen LogP contribution in [0.3, 0.4) is 0 Å². The predicted octanol–water partition coefficient (Wildman–Crippen LogP) is 2.68. The Labute approximate surface area is 175 Å². The van der Waals surface area contributed by atoms with Gasteiger partial charge in [-0.2, -0.15) is 0 Å². The monoisotopic (exact) mass is 472 g/mol. The molecule has 1 saturated heterocycles. The average Bonchev–Trinajstić information content (AvgIpc) is 3.09. The first-order valence-corrected chi connectivity index (χ1v) is 9.70. The number of nitrogens with one attached hydrogen (secondary N) is 2. The Morgan fingerprint density at radius 1 is 1.27 bits per heavy atom. The van der Waals surface area contributed by atoms with E-state index in [1.165, 1.54) is 37.1 Å². The maximum Gasteiger partial charge on any atom is 0.191 e. The first-order valence-electron chi connectivity index (χ1n) is 9.70. The Bertz CT molecular complexity index is 585. The number of halogens is 1. The fourth-order valence-corrected chi connectivity index (χ4v) is 3.53. The number of aliphatic imine (C=N–C) groups is 1. The van der Waals surface area contributed by atoms with E-state index in [0.717, 1.165) is 56.7 Å². The number of likely N-dealkylation sites (tertiary alicyclic amines) is 1. The van der Waals surface area contributed by atoms with Crippen molar-refractivity contribution in [3.05, 3.63) is 29.3 Å². The minimum atomic E-state index is 0. The molecule has 146 valence electrons. The van der Waals surface area contributed by atoms with Gasteiger partial charge in [0.05, 0.1) is 6.61 Å². The lowest BCUT2D eigenvalue weighted by Gasteiger charge is -2.28. The van der Waals surface area contributed by atoms with Crippen LogP contribution in [-0.2, 0) is 12.8 Å². The van der Waals surface area contributed by atoms with Crippen molar-refractivity contribution in [2.24, 2.45) is 10.9 Å². The fraction of sp³-hybridized carbons (Fsp3) is 0.650. The summed E-state index contributed by atoms with van der Waals surface area (Å²) in [6.07, 6.45) is 4.57. The Kier molecular flexibility index (Phi) is 8.98. The molecule has 1 fully saturated rings. The summed E-state index contributed by atoms with van der Waals surface area (Å²) >= 11 is 0. The third-order valence-corrected chi connectivity index (χ3v) is 5.15. The number of ether oxygens (including phenoxy) is 1. The van der Waals surface area contributed by atoms with E-state index >= 15 is 0 Å². The van der Waals surface area contributed by atoms with Crippen molar-refractivity contribution >= 4 is 29.9 Å². The highest BCUT2D eigenvalue weighted by molar-refractivity contribution is 14.0. The van der Waals surface area contributed by atoms with E-state index in [1.807, 2.05) is 0 Å². The summed E-state index contributed by atoms with van der Waals surface area (Å²) in [5.74, 6) is 2.74. The minimum Gasteiger partial charge on any atom is -0.493 e. The van der Waals surface area contributed by atoms with Crippen molar-refractivity contribution in [1.29, 1.82) is 0 Å². The predicted molar refractivity (Wildman–Crippen MR) is 119 cm³/mol. The van der Waals surface area contributed by atoms with E-state index in [1.54, 1.807) is 0 Å². The van der Waals surface area contributed by atoms with Gasteiger partial charge in [-0.15, -0.1) is 24.0 Å². The van der Waals surface area contributed by atoms with Crippen LogP contribution in [0.4, 0.5) is 0 Å². The summed E-state index contributed by atoms with van der Waals surface area (Å²) in [5.41, 5.74) is 2.71. The molecular formula is C20H33IN4O. The highest BCUT2D eigenvalue weighted by atomic mass is 127. The lowest BCUT2D eigenvalue weighted by Crippen LogP contribution is -2.39. The normalized spacial score (nSPS) is 18.0. The Morgan fingerprint density at radius 3 is 2.85 bits per heavy atom. The molecule has 0 bridgehead atoms. The van der Waals surface area contributed by atoms with Crippen molar-refractivity contribution in [2.75, 3.05) is 46.4 Å². The molecule has 0 saturated carbocycles. The zero-order chi connectivity index (χ0) is 17.5. The number of hydrogen-bond acceptors (Lipinski definition) is 3. The molecule has 0 amide bonds. The van der Waals surface area contributed by atoms with Gasteiger partial charge in [-0.25, -0.2) is 0 Å². The number of guanidine groups is 1. The smallest absolute Gasteiger partial charge is 0.191 e. The number of nitrogens with zero attached hydrogens (tertiary/aromatic N) is 2. The number of benzene rings is 1. The van der Waals surface area contributed by atoms with Crippen molar-refractivity contribution in [1.82, 2.24) is 15.5 Å². The summed E-state index contributed by atoms with van der Waals surface area (Å²) in [6.45, 7) is 8.07. The average molecular weight is 472 g/mol. The van der Waals surface area contributed by atoms with Gasteiger partial charge >= 0.3 is 0 Å².